The van der Waals surface area contributed by atoms with E-state index in [9.17, 15) is 4.79 Å². The van der Waals surface area contributed by atoms with Crippen LogP contribution in [0.3, 0.4) is 0 Å². The molecule has 2 unspecified atom stereocenters. The Morgan fingerprint density at radius 2 is 1.89 bits per heavy atom. The SMILES string of the molecule is CCC1CCC(N(C)C(C)C(C)C(=O)NN)CC1. The molecular weight excluding hydrogens is 226 g/mol. The van der Waals surface area contributed by atoms with Gasteiger partial charge in [0, 0.05) is 12.1 Å². The van der Waals surface area contributed by atoms with Crippen molar-refractivity contribution in [3.05, 3.63) is 0 Å². The van der Waals surface area contributed by atoms with Gasteiger partial charge in [0.15, 0.2) is 0 Å². The zero-order valence-corrected chi connectivity index (χ0v) is 12.3. The third-order valence-corrected chi connectivity index (χ3v) is 4.89. The first-order valence-corrected chi connectivity index (χ1v) is 7.23. The number of nitrogens with zero attached hydrogens (tertiary/aromatic N) is 1. The van der Waals surface area contributed by atoms with Crippen LogP contribution in [-0.2, 0) is 4.79 Å². The first-order chi connectivity index (χ1) is 8.51. The Hall–Kier alpha value is -0.610. The Morgan fingerprint density at radius 3 is 2.33 bits per heavy atom. The van der Waals surface area contributed by atoms with Crippen LogP contribution in [0.25, 0.3) is 0 Å². The van der Waals surface area contributed by atoms with Crippen LogP contribution in [0.1, 0.15) is 52.9 Å². The van der Waals surface area contributed by atoms with Gasteiger partial charge < -0.3 is 0 Å². The minimum Gasteiger partial charge on any atom is -0.300 e. The fourth-order valence-electron chi connectivity index (χ4n) is 3.00. The van der Waals surface area contributed by atoms with Crippen LogP contribution in [0.15, 0.2) is 0 Å². The van der Waals surface area contributed by atoms with Gasteiger partial charge in [-0.3, -0.25) is 15.1 Å². The molecular formula is C14H29N3O. The van der Waals surface area contributed by atoms with Crippen LogP contribution in [0.2, 0.25) is 0 Å². The topological polar surface area (TPSA) is 58.4 Å². The Morgan fingerprint density at radius 1 is 1.33 bits per heavy atom. The van der Waals surface area contributed by atoms with Gasteiger partial charge in [-0.05, 0) is 45.6 Å². The van der Waals surface area contributed by atoms with Crippen LogP contribution in [0.5, 0.6) is 0 Å². The van der Waals surface area contributed by atoms with E-state index in [1.165, 1.54) is 32.1 Å². The number of hydrazine groups is 1. The van der Waals surface area contributed by atoms with E-state index in [1.54, 1.807) is 0 Å². The van der Waals surface area contributed by atoms with E-state index >= 15 is 0 Å². The third-order valence-electron chi connectivity index (χ3n) is 4.89. The van der Waals surface area contributed by atoms with Crippen LogP contribution < -0.4 is 11.3 Å². The fraction of sp³-hybridized carbons (Fsp3) is 0.929. The molecule has 0 aromatic carbocycles. The summed E-state index contributed by atoms with van der Waals surface area (Å²) in [5.74, 6) is 5.98. The molecule has 0 bridgehead atoms. The van der Waals surface area contributed by atoms with Crippen molar-refractivity contribution in [1.29, 1.82) is 0 Å². The number of hydrogen-bond donors (Lipinski definition) is 2. The largest absolute Gasteiger partial charge is 0.300 e. The number of nitrogens with one attached hydrogen (secondary N) is 1. The molecule has 4 nitrogen and oxygen atoms in total. The predicted octanol–water partition coefficient (Wildman–Crippen LogP) is 1.90. The van der Waals surface area contributed by atoms with Crippen molar-refractivity contribution in [3.63, 3.8) is 0 Å². The highest BCUT2D eigenvalue weighted by molar-refractivity contribution is 5.78. The molecule has 4 heteroatoms. The van der Waals surface area contributed by atoms with E-state index in [0.29, 0.717) is 6.04 Å². The van der Waals surface area contributed by atoms with Crippen molar-refractivity contribution in [3.8, 4) is 0 Å². The average molecular weight is 255 g/mol. The summed E-state index contributed by atoms with van der Waals surface area (Å²) in [7, 11) is 2.14. The van der Waals surface area contributed by atoms with Crippen LogP contribution >= 0.6 is 0 Å². The molecule has 1 rings (SSSR count). The molecule has 0 saturated heterocycles. The number of hydrogen-bond acceptors (Lipinski definition) is 3. The van der Waals surface area contributed by atoms with Gasteiger partial charge in [-0.15, -0.1) is 0 Å². The smallest absolute Gasteiger partial charge is 0.238 e. The van der Waals surface area contributed by atoms with Crippen molar-refractivity contribution in [2.75, 3.05) is 7.05 Å². The quantitative estimate of drug-likeness (QED) is 0.448. The maximum absolute atomic E-state index is 11.6. The van der Waals surface area contributed by atoms with Gasteiger partial charge in [-0.2, -0.15) is 0 Å². The Kier molecular flexibility index (Phi) is 6.09. The average Bonchev–Trinajstić information content (AvgIpc) is 2.44. The minimum atomic E-state index is -0.0726. The van der Waals surface area contributed by atoms with Gasteiger partial charge in [-0.1, -0.05) is 20.3 Å². The van der Waals surface area contributed by atoms with Crippen LogP contribution in [0.4, 0.5) is 0 Å². The van der Waals surface area contributed by atoms with Gasteiger partial charge in [-0.25, -0.2) is 5.84 Å². The lowest BCUT2D eigenvalue weighted by molar-refractivity contribution is -0.126. The molecule has 106 valence electrons. The lowest BCUT2D eigenvalue weighted by Gasteiger charge is -2.39. The van der Waals surface area contributed by atoms with Gasteiger partial charge in [0.2, 0.25) is 5.91 Å². The highest BCUT2D eigenvalue weighted by Gasteiger charge is 2.30. The molecule has 18 heavy (non-hydrogen) atoms. The molecule has 0 spiro atoms. The first-order valence-electron chi connectivity index (χ1n) is 7.23. The van der Waals surface area contributed by atoms with Crippen LogP contribution in [0, 0.1) is 11.8 Å². The Bertz CT molecular complexity index is 262. The monoisotopic (exact) mass is 255 g/mol. The van der Waals surface area contributed by atoms with Crippen molar-refractivity contribution in [2.45, 2.75) is 65.0 Å². The lowest BCUT2D eigenvalue weighted by Crippen LogP contribution is -2.48. The molecule has 0 aromatic heterocycles. The molecule has 1 saturated carbocycles. The highest BCUT2D eigenvalue weighted by atomic mass is 16.2. The summed E-state index contributed by atoms with van der Waals surface area (Å²) in [6, 6.07) is 0.854. The summed E-state index contributed by atoms with van der Waals surface area (Å²) in [5, 5.41) is 0. The zero-order chi connectivity index (χ0) is 13.7. The highest BCUT2D eigenvalue weighted by Crippen LogP contribution is 2.30. The second-order valence-corrected chi connectivity index (χ2v) is 5.79. The van der Waals surface area contributed by atoms with Gasteiger partial charge in [0.25, 0.3) is 0 Å². The molecule has 0 radical (unpaired) electrons. The van der Waals surface area contributed by atoms with Gasteiger partial charge >= 0.3 is 0 Å². The van der Waals surface area contributed by atoms with E-state index < -0.39 is 0 Å². The zero-order valence-electron chi connectivity index (χ0n) is 12.3. The Labute approximate surface area is 111 Å². The maximum atomic E-state index is 11.6. The molecule has 0 aliphatic heterocycles. The second kappa shape index (κ2) is 7.10. The number of amides is 1. The lowest BCUT2D eigenvalue weighted by atomic mass is 9.83. The molecule has 0 aromatic rings. The third kappa shape index (κ3) is 3.69. The summed E-state index contributed by atoms with van der Waals surface area (Å²) in [4.78, 5) is 13.9. The van der Waals surface area contributed by atoms with Crippen LogP contribution in [-0.4, -0.2) is 29.9 Å². The van der Waals surface area contributed by atoms with E-state index in [0.717, 1.165) is 5.92 Å². The van der Waals surface area contributed by atoms with Gasteiger partial charge in [0.1, 0.15) is 0 Å². The fourth-order valence-corrected chi connectivity index (χ4v) is 3.00. The summed E-state index contributed by atoms with van der Waals surface area (Å²) < 4.78 is 0. The standard InChI is InChI=1S/C14H29N3O/c1-5-12-6-8-13(9-7-12)17(4)11(3)10(2)14(18)16-15/h10-13H,5-9,15H2,1-4H3,(H,16,18). The van der Waals surface area contributed by atoms with Gasteiger partial charge in [0.05, 0.1) is 5.92 Å². The van der Waals surface area contributed by atoms with Crippen molar-refractivity contribution >= 4 is 5.91 Å². The summed E-state index contributed by atoms with van der Waals surface area (Å²) in [6.45, 7) is 6.35. The molecule has 1 amide bonds. The number of carbonyl (C=O) groups excluding carboxylic acids is 1. The van der Waals surface area contributed by atoms with Crippen molar-refractivity contribution in [1.82, 2.24) is 10.3 Å². The number of nitrogens with two attached hydrogens (primary N) is 1. The predicted molar refractivity (Wildman–Crippen MR) is 74.8 cm³/mol. The molecule has 1 aliphatic rings. The minimum absolute atomic E-state index is 0.0658. The van der Waals surface area contributed by atoms with E-state index in [2.05, 4.69) is 31.2 Å². The van der Waals surface area contributed by atoms with E-state index in [4.69, 9.17) is 5.84 Å². The van der Waals surface area contributed by atoms with Crippen molar-refractivity contribution in [2.24, 2.45) is 17.7 Å². The molecule has 1 aliphatic carbocycles. The maximum Gasteiger partial charge on any atom is 0.238 e. The normalized spacial score (nSPS) is 27.9. The Balaban J connectivity index is 2.49. The van der Waals surface area contributed by atoms with E-state index in [1.807, 2.05) is 6.92 Å². The summed E-state index contributed by atoms with van der Waals surface area (Å²) in [6.07, 6.45) is 6.48. The summed E-state index contributed by atoms with van der Waals surface area (Å²) in [5.41, 5.74) is 2.25. The molecule has 1 fully saturated rings. The molecule has 2 atom stereocenters. The number of rotatable bonds is 5. The first kappa shape index (κ1) is 15.4. The second-order valence-electron chi connectivity index (χ2n) is 5.79. The van der Waals surface area contributed by atoms with E-state index in [-0.39, 0.29) is 17.9 Å². The molecule has 3 N–H and O–H groups in total. The molecule has 0 heterocycles. The number of carbonyl (C=O) groups is 1. The van der Waals surface area contributed by atoms with Crippen molar-refractivity contribution < 1.29 is 4.79 Å². The summed E-state index contributed by atoms with van der Waals surface area (Å²) >= 11 is 0.